The van der Waals surface area contributed by atoms with Crippen molar-refractivity contribution in [1.29, 1.82) is 10.5 Å². The second kappa shape index (κ2) is 10.8. The number of aromatic nitrogens is 2. The second-order valence-electron chi connectivity index (χ2n) is 13.3. The Kier molecular flexibility index (Phi) is 6.08. The predicted octanol–water partition coefficient (Wildman–Crippen LogP) is 12.9. The van der Waals surface area contributed by atoms with Gasteiger partial charge in [0.05, 0.1) is 44.6 Å². The molecule has 4 aromatic heterocycles. The van der Waals surface area contributed by atoms with Gasteiger partial charge in [0.2, 0.25) is 0 Å². The van der Waals surface area contributed by atoms with Gasteiger partial charge in [-0.1, -0.05) is 91.9 Å². The van der Waals surface area contributed by atoms with Gasteiger partial charge < -0.3 is 9.13 Å². The van der Waals surface area contributed by atoms with Crippen molar-refractivity contribution in [2.45, 2.75) is 13.3 Å². The first-order chi connectivity index (χ1) is 25.7. The quantitative estimate of drug-likeness (QED) is 0.184. The first kappa shape index (κ1) is 29.3. The monoisotopic (exact) mass is 698 g/mol. The van der Waals surface area contributed by atoms with E-state index in [2.05, 4.69) is 149 Å². The van der Waals surface area contributed by atoms with E-state index >= 15 is 0 Å². The molecule has 7 aromatic carbocycles. The maximum atomic E-state index is 10.9. The number of para-hydroxylation sites is 2. The third-order valence-electron chi connectivity index (χ3n) is 10.8. The lowest BCUT2D eigenvalue weighted by Gasteiger charge is -2.19. The van der Waals surface area contributed by atoms with Crippen molar-refractivity contribution in [3.63, 3.8) is 0 Å². The van der Waals surface area contributed by atoms with E-state index in [4.69, 9.17) is 0 Å². The fourth-order valence-corrected chi connectivity index (χ4v) is 11.2. The summed E-state index contributed by atoms with van der Waals surface area (Å²) in [7, 11) is 0. The molecule has 0 radical (unpaired) electrons. The summed E-state index contributed by atoms with van der Waals surface area (Å²) in [5, 5.41) is 31.5. The number of thiophene rings is 2. The molecule has 0 atom stereocenters. The molecule has 4 heterocycles. The highest BCUT2D eigenvalue weighted by Crippen LogP contribution is 2.46. The lowest BCUT2D eigenvalue weighted by Crippen LogP contribution is -2.08. The highest BCUT2D eigenvalue weighted by molar-refractivity contribution is 7.27. The Morgan fingerprint density at radius 1 is 0.481 bits per heavy atom. The van der Waals surface area contributed by atoms with Gasteiger partial charge in [-0.05, 0) is 54.4 Å². The number of hydrogen-bond acceptors (Lipinski definition) is 4. The van der Waals surface area contributed by atoms with E-state index in [0.717, 1.165) is 49.8 Å². The Bertz CT molecular complexity index is 3200. The van der Waals surface area contributed by atoms with Gasteiger partial charge in [-0.2, -0.15) is 10.5 Å². The third kappa shape index (κ3) is 3.72. The van der Waals surface area contributed by atoms with Crippen LogP contribution in [0.25, 0.3) is 95.3 Å². The first-order valence-electron chi connectivity index (χ1n) is 17.4. The van der Waals surface area contributed by atoms with Crippen LogP contribution in [-0.2, 0) is 6.42 Å². The number of hydrogen-bond donors (Lipinski definition) is 0. The molecule has 242 valence electrons. The predicted molar refractivity (Wildman–Crippen MR) is 220 cm³/mol. The third-order valence-corrected chi connectivity index (χ3v) is 13.2. The maximum Gasteiger partial charge on any atom is 0.102 e. The van der Waals surface area contributed by atoms with Crippen molar-refractivity contribution < 1.29 is 0 Å². The van der Waals surface area contributed by atoms with Gasteiger partial charge in [-0.15, -0.1) is 22.7 Å². The number of benzene rings is 7. The van der Waals surface area contributed by atoms with Crippen LogP contribution in [0.3, 0.4) is 0 Å². The maximum absolute atomic E-state index is 10.9. The average molecular weight is 699 g/mol. The van der Waals surface area contributed by atoms with Crippen LogP contribution in [0.1, 0.15) is 23.6 Å². The van der Waals surface area contributed by atoms with Gasteiger partial charge in [-0.25, -0.2) is 0 Å². The van der Waals surface area contributed by atoms with Crippen LogP contribution >= 0.6 is 22.7 Å². The lowest BCUT2D eigenvalue weighted by atomic mass is 9.95. The van der Waals surface area contributed by atoms with E-state index in [9.17, 15) is 10.5 Å². The van der Waals surface area contributed by atoms with Gasteiger partial charge in [-0.3, -0.25) is 0 Å². The molecule has 0 aliphatic carbocycles. The summed E-state index contributed by atoms with van der Waals surface area (Å²) < 4.78 is 9.52. The van der Waals surface area contributed by atoms with Crippen LogP contribution in [0.15, 0.2) is 127 Å². The summed E-state index contributed by atoms with van der Waals surface area (Å²) in [4.78, 5) is 0. The van der Waals surface area contributed by atoms with Gasteiger partial charge in [0.25, 0.3) is 0 Å². The Morgan fingerprint density at radius 3 is 1.35 bits per heavy atom. The molecule has 0 spiro atoms. The molecule has 52 heavy (non-hydrogen) atoms. The molecule has 4 nitrogen and oxygen atoms in total. The van der Waals surface area contributed by atoms with Crippen LogP contribution in [-0.4, -0.2) is 9.13 Å². The van der Waals surface area contributed by atoms with Crippen LogP contribution in [0.5, 0.6) is 0 Å². The summed E-state index contributed by atoms with van der Waals surface area (Å²) in [5.41, 5.74) is 7.57. The Hall–Kier alpha value is -6.44. The molecular weight excluding hydrogens is 673 g/mol. The Balaban J connectivity index is 1.30. The summed E-state index contributed by atoms with van der Waals surface area (Å²) >= 11 is 3.64. The fraction of sp³-hybridized carbons (Fsp3) is 0.0435. The van der Waals surface area contributed by atoms with E-state index < -0.39 is 0 Å². The molecule has 0 amide bonds. The topological polar surface area (TPSA) is 57.4 Å². The van der Waals surface area contributed by atoms with Crippen LogP contribution in [0.4, 0.5) is 0 Å². The molecule has 0 saturated carbocycles. The SMILES string of the molecule is CCc1c(C#N)c(-n2c3ccccc3c3c4sc5ccccc5c4ccc32)cc(-n2c3ccccc3c3c4sc5ccccc5c4ccc32)c1C#N. The highest BCUT2D eigenvalue weighted by Gasteiger charge is 2.26. The Morgan fingerprint density at radius 2 is 0.904 bits per heavy atom. The smallest absolute Gasteiger partial charge is 0.102 e. The van der Waals surface area contributed by atoms with Gasteiger partial charge in [0, 0.05) is 61.9 Å². The van der Waals surface area contributed by atoms with E-state index in [1.807, 2.05) is 29.6 Å². The largest absolute Gasteiger partial charge is 0.308 e. The molecule has 0 aliphatic heterocycles. The van der Waals surface area contributed by atoms with Crippen LogP contribution < -0.4 is 0 Å². The van der Waals surface area contributed by atoms with Crippen molar-refractivity contribution in [2.24, 2.45) is 0 Å². The molecule has 11 rings (SSSR count). The number of nitriles is 2. The fourth-order valence-electron chi connectivity index (χ4n) is 8.65. The molecule has 0 fully saturated rings. The molecule has 0 N–H and O–H groups in total. The van der Waals surface area contributed by atoms with E-state index in [-0.39, 0.29) is 0 Å². The summed E-state index contributed by atoms with van der Waals surface area (Å²) in [6.07, 6.45) is 0.544. The van der Waals surface area contributed by atoms with Crippen molar-refractivity contribution in [1.82, 2.24) is 9.13 Å². The molecule has 0 unspecified atom stereocenters. The molecule has 0 bridgehead atoms. The van der Waals surface area contributed by atoms with Gasteiger partial charge in [0.15, 0.2) is 0 Å². The minimum absolute atomic E-state index is 0.537. The second-order valence-corrected chi connectivity index (χ2v) is 15.4. The van der Waals surface area contributed by atoms with E-state index in [1.54, 1.807) is 0 Å². The highest BCUT2D eigenvalue weighted by atomic mass is 32.1. The standard InChI is InChI=1S/C46H26N4S2/c1-2-26-33(24-47)39(49-35-15-7-3-13-31(35)43-37(49)21-19-29-27-11-5-9-17-41(27)51-45(29)43)23-40(34(26)25-48)50-36-16-8-4-14-32(36)44-38(50)22-20-30-28-12-6-10-18-42(28)52-46(30)44/h3-23H,2H2,1H3. The average Bonchev–Trinajstić information content (AvgIpc) is 3.94. The zero-order valence-corrected chi connectivity index (χ0v) is 29.6. The minimum Gasteiger partial charge on any atom is -0.308 e. The van der Waals surface area contributed by atoms with E-state index in [1.165, 1.54) is 51.1 Å². The number of rotatable bonds is 3. The van der Waals surface area contributed by atoms with Crippen molar-refractivity contribution >= 4 is 107 Å². The summed E-state index contributed by atoms with van der Waals surface area (Å²) in [6, 6.07) is 50.3. The molecule has 11 aromatic rings. The Labute approximate surface area is 305 Å². The van der Waals surface area contributed by atoms with Crippen molar-refractivity contribution in [2.75, 3.05) is 0 Å². The molecule has 0 saturated heterocycles. The van der Waals surface area contributed by atoms with Crippen molar-refractivity contribution in [3.8, 4) is 23.5 Å². The zero-order valence-electron chi connectivity index (χ0n) is 27.9. The molecular formula is C46H26N4S2. The van der Waals surface area contributed by atoms with Crippen LogP contribution in [0, 0.1) is 22.7 Å². The summed E-state index contributed by atoms with van der Waals surface area (Å²) in [5.74, 6) is 0. The zero-order chi connectivity index (χ0) is 34.7. The normalized spacial score (nSPS) is 12.0. The van der Waals surface area contributed by atoms with Gasteiger partial charge in [0.1, 0.15) is 12.1 Å². The summed E-state index contributed by atoms with van der Waals surface area (Å²) in [6.45, 7) is 2.05. The van der Waals surface area contributed by atoms with Crippen LogP contribution in [0.2, 0.25) is 0 Å². The minimum atomic E-state index is 0.537. The van der Waals surface area contributed by atoms with Gasteiger partial charge >= 0.3 is 0 Å². The lowest BCUT2D eigenvalue weighted by molar-refractivity contribution is 1.05. The van der Waals surface area contributed by atoms with E-state index in [0.29, 0.717) is 17.5 Å². The molecule has 0 aliphatic rings. The molecule has 6 heteroatoms. The number of nitrogens with zero attached hydrogens (tertiary/aromatic N) is 4. The van der Waals surface area contributed by atoms with Crippen molar-refractivity contribution in [3.05, 3.63) is 144 Å². The number of fused-ring (bicyclic) bond motifs is 14. The first-order valence-corrected chi connectivity index (χ1v) is 19.0.